The Balaban J connectivity index is 2.68. The van der Waals surface area contributed by atoms with Gasteiger partial charge in [0.1, 0.15) is 0 Å². The van der Waals surface area contributed by atoms with Gasteiger partial charge in [0.15, 0.2) is 11.6 Å². The number of alkyl halides is 1. The number of halogens is 3. The number of methoxy groups -OCH3 is 1. The van der Waals surface area contributed by atoms with E-state index in [0.29, 0.717) is 23.4 Å². The largest absolute Gasteiger partial charge is 0.383 e. The third-order valence-corrected chi connectivity index (χ3v) is 2.63. The third kappa shape index (κ3) is 4.23. The molecule has 0 spiro atoms. The summed E-state index contributed by atoms with van der Waals surface area (Å²) in [4.78, 5) is 3.95. The second-order valence-electron chi connectivity index (χ2n) is 3.26. The van der Waals surface area contributed by atoms with E-state index < -0.39 is 5.82 Å². The molecule has 0 aliphatic rings. The Hall–Kier alpha value is -0.390. The van der Waals surface area contributed by atoms with Crippen molar-refractivity contribution in [3.63, 3.8) is 0 Å². The van der Waals surface area contributed by atoms with Gasteiger partial charge in [-0.15, -0.1) is 11.6 Å². The van der Waals surface area contributed by atoms with Gasteiger partial charge < -0.3 is 10.1 Å². The van der Waals surface area contributed by atoms with Gasteiger partial charge >= 0.3 is 0 Å². The predicted octanol–water partition coefficient (Wildman–Crippen LogP) is 3.04. The lowest BCUT2D eigenvalue weighted by Gasteiger charge is -2.17. The molecule has 1 unspecified atom stereocenters. The Bertz CT molecular complexity index is 335. The van der Waals surface area contributed by atoms with Gasteiger partial charge in [0.25, 0.3) is 0 Å². The van der Waals surface area contributed by atoms with Crippen molar-refractivity contribution >= 4 is 33.3 Å². The molecule has 1 atom stereocenters. The van der Waals surface area contributed by atoms with Crippen molar-refractivity contribution < 1.29 is 9.13 Å². The van der Waals surface area contributed by atoms with Crippen LogP contribution in [0.2, 0.25) is 0 Å². The van der Waals surface area contributed by atoms with E-state index in [1.165, 1.54) is 12.3 Å². The molecule has 16 heavy (non-hydrogen) atoms. The average molecular weight is 312 g/mol. The number of ether oxygens (including phenoxy) is 1. The van der Waals surface area contributed by atoms with Crippen LogP contribution in [0.1, 0.15) is 6.42 Å². The van der Waals surface area contributed by atoms with Crippen molar-refractivity contribution in [1.29, 1.82) is 0 Å². The number of aromatic nitrogens is 1. The number of rotatable bonds is 6. The molecule has 1 aromatic heterocycles. The van der Waals surface area contributed by atoms with Gasteiger partial charge in [-0.05, 0) is 28.4 Å². The smallest absolute Gasteiger partial charge is 0.166 e. The standard InChI is InChI=1S/C10H13BrClFN2O/c1-16-6-8(2-3-12)15-10-9(13)4-7(11)5-14-10/h4-5,8H,2-3,6H2,1H3,(H,14,15). The van der Waals surface area contributed by atoms with E-state index >= 15 is 0 Å². The molecular formula is C10H13BrClFN2O. The third-order valence-electron chi connectivity index (χ3n) is 1.97. The molecule has 1 rings (SSSR count). The normalized spacial score (nSPS) is 12.5. The second-order valence-corrected chi connectivity index (χ2v) is 4.55. The van der Waals surface area contributed by atoms with E-state index in [-0.39, 0.29) is 11.9 Å². The molecule has 0 aliphatic heterocycles. The summed E-state index contributed by atoms with van der Waals surface area (Å²) < 4.78 is 19.1. The maximum atomic E-state index is 13.5. The summed E-state index contributed by atoms with van der Waals surface area (Å²) in [7, 11) is 1.59. The summed E-state index contributed by atoms with van der Waals surface area (Å²) in [6.45, 7) is 0.462. The summed E-state index contributed by atoms with van der Waals surface area (Å²) in [6.07, 6.45) is 2.22. The molecule has 3 nitrogen and oxygen atoms in total. The number of pyridine rings is 1. The van der Waals surface area contributed by atoms with Crippen LogP contribution in [0, 0.1) is 5.82 Å². The monoisotopic (exact) mass is 310 g/mol. The van der Waals surface area contributed by atoms with E-state index in [4.69, 9.17) is 16.3 Å². The quantitative estimate of drug-likeness (QED) is 0.820. The van der Waals surface area contributed by atoms with Gasteiger partial charge in [0, 0.05) is 23.7 Å². The first-order valence-corrected chi connectivity index (χ1v) is 6.12. The van der Waals surface area contributed by atoms with E-state index in [0.717, 1.165) is 0 Å². The Kier molecular flexibility index (Phi) is 6.01. The molecule has 1 aromatic rings. The van der Waals surface area contributed by atoms with Gasteiger partial charge in [0.2, 0.25) is 0 Å². The maximum absolute atomic E-state index is 13.5. The SMILES string of the molecule is COCC(CCCl)Nc1ncc(Br)cc1F. The summed E-state index contributed by atoms with van der Waals surface area (Å²) in [5, 5.41) is 2.96. The first-order chi connectivity index (χ1) is 7.67. The highest BCUT2D eigenvalue weighted by Crippen LogP contribution is 2.17. The number of anilines is 1. The Morgan fingerprint density at radius 2 is 2.44 bits per heavy atom. The fourth-order valence-corrected chi connectivity index (χ4v) is 1.81. The van der Waals surface area contributed by atoms with Crippen LogP contribution in [0.5, 0.6) is 0 Å². The van der Waals surface area contributed by atoms with Crippen LogP contribution in [0.3, 0.4) is 0 Å². The Labute approximate surface area is 107 Å². The maximum Gasteiger partial charge on any atom is 0.166 e. The topological polar surface area (TPSA) is 34.1 Å². The molecule has 0 bridgehead atoms. The molecule has 0 radical (unpaired) electrons. The highest BCUT2D eigenvalue weighted by molar-refractivity contribution is 9.10. The second kappa shape index (κ2) is 7.04. The zero-order valence-electron chi connectivity index (χ0n) is 8.84. The van der Waals surface area contributed by atoms with Gasteiger partial charge in [-0.1, -0.05) is 0 Å². The summed E-state index contributed by atoms with van der Waals surface area (Å²) in [5.41, 5.74) is 0. The molecule has 1 heterocycles. The average Bonchev–Trinajstić information content (AvgIpc) is 2.23. The number of hydrogen-bond acceptors (Lipinski definition) is 3. The van der Waals surface area contributed by atoms with E-state index in [2.05, 4.69) is 26.2 Å². The summed E-state index contributed by atoms with van der Waals surface area (Å²) in [6, 6.07) is 1.32. The van der Waals surface area contributed by atoms with Gasteiger partial charge in [-0.25, -0.2) is 9.37 Å². The van der Waals surface area contributed by atoms with Gasteiger partial charge in [0.05, 0.1) is 12.6 Å². The van der Waals surface area contributed by atoms with Crippen LogP contribution in [0.25, 0.3) is 0 Å². The molecule has 1 N–H and O–H groups in total. The lowest BCUT2D eigenvalue weighted by atomic mass is 10.2. The molecule has 90 valence electrons. The predicted molar refractivity (Wildman–Crippen MR) is 66.5 cm³/mol. The number of nitrogens with zero attached hydrogens (tertiary/aromatic N) is 1. The van der Waals surface area contributed by atoms with Crippen molar-refractivity contribution in [2.75, 3.05) is 24.9 Å². The lowest BCUT2D eigenvalue weighted by Crippen LogP contribution is -2.26. The fraction of sp³-hybridized carbons (Fsp3) is 0.500. The van der Waals surface area contributed by atoms with Gasteiger partial charge in [-0.3, -0.25) is 0 Å². The summed E-state index contributed by atoms with van der Waals surface area (Å²) >= 11 is 8.79. The fourth-order valence-electron chi connectivity index (χ4n) is 1.24. The minimum Gasteiger partial charge on any atom is -0.383 e. The molecule has 6 heteroatoms. The minimum atomic E-state index is -0.398. The van der Waals surface area contributed by atoms with Crippen molar-refractivity contribution in [3.05, 3.63) is 22.6 Å². The number of nitrogens with one attached hydrogen (secondary N) is 1. The van der Waals surface area contributed by atoms with Crippen LogP contribution in [0.4, 0.5) is 10.2 Å². The van der Waals surface area contributed by atoms with E-state index in [1.54, 1.807) is 7.11 Å². The highest BCUT2D eigenvalue weighted by Gasteiger charge is 2.11. The Morgan fingerprint density at radius 1 is 1.69 bits per heavy atom. The molecule has 0 saturated heterocycles. The van der Waals surface area contributed by atoms with Crippen LogP contribution in [-0.2, 0) is 4.74 Å². The van der Waals surface area contributed by atoms with E-state index in [9.17, 15) is 4.39 Å². The Morgan fingerprint density at radius 3 is 3.00 bits per heavy atom. The molecular weight excluding hydrogens is 298 g/mol. The minimum absolute atomic E-state index is 0.0364. The zero-order valence-corrected chi connectivity index (χ0v) is 11.2. The first kappa shape index (κ1) is 13.7. The van der Waals surface area contributed by atoms with Crippen LogP contribution in [-0.4, -0.2) is 30.6 Å². The molecule has 0 aromatic carbocycles. The first-order valence-electron chi connectivity index (χ1n) is 4.80. The highest BCUT2D eigenvalue weighted by atomic mass is 79.9. The van der Waals surface area contributed by atoms with Crippen molar-refractivity contribution in [2.24, 2.45) is 0 Å². The van der Waals surface area contributed by atoms with Crippen molar-refractivity contribution in [2.45, 2.75) is 12.5 Å². The zero-order chi connectivity index (χ0) is 12.0. The van der Waals surface area contributed by atoms with Crippen LogP contribution < -0.4 is 5.32 Å². The van der Waals surface area contributed by atoms with Crippen molar-refractivity contribution in [1.82, 2.24) is 4.98 Å². The van der Waals surface area contributed by atoms with E-state index in [1.807, 2.05) is 0 Å². The number of hydrogen-bond donors (Lipinski definition) is 1. The molecule has 0 fully saturated rings. The summed E-state index contributed by atoms with van der Waals surface area (Å²) in [5.74, 6) is 0.305. The molecule has 0 saturated carbocycles. The van der Waals surface area contributed by atoms with Crippen molar-refractivity contribution in [3.8, 4) is 0 Å². The van der Waals surface area contributed by atoms with Gasteiger partial charge in [-0.2, -0.15) is 0 Å². The van der Waals surface area contributed by atoms with Crippen LogP contribution >= 0.6 is 27.5 Å². The van der Waals surface area contributed by atoms with Crippen LogP contribution in [0.15, 0.2) is 16.7 Å². The lowest BCUT2D eigenvalue weighted by molar-refractivity contribution is 0.184. The molecule has 0 amide bonds. The molecule has 0 aliphatic carbocycles.